The Morgan fingerprint density at radius 2 is 2.16 bits per heavy atom. The molecule has 0 radical (unpaired) electrons. The Morgan fingerprint density at radius 1 is 1.26 bits per heavy atom. The number of aryl methyl sites for hydroxylation is 1. The molecule has 3 aromatic heterocycles. The molecular weight excluding hydrogens is 238 g/mol. The first-order valence-electron chi connectivity index (χ1n) is 6.30. The van der Waals surface area contributed by atoms with E-state index < -0.39 is 0 Å². The Morgan fingerprint density at radius 3 is 3.00 bits per heavy atom. The summed E-state index contributed by atoms with van der Waals surface area (Å²) in [5.41, 5.74) is 2.82. The summed E-state index contributed by atoms with van der Waals surface area (Å²) in [7, 11) is 0. The third-order valence-corrected chi connectivity index (χ3v) is 2.89. The fraction of sp³-hybridized carbons (Fsp3) is 0.214. The van der Waals surface area contributed by atoms with Gasteiger partial charge in [-0.25, -0.2) is 15.0 Å². The number of anilines is 1. The van der Waals surface area contributed by atoms with Gasteiger partial charge in [0.1, 0.15) is 17.3 Å². The molecular formula is C14H15N5. The molecule has 3 rings (SSSR count). The highest BCUT2D eigenvalue weighted by Gasteiger charge is 2.07. The molecule has 0 bridgehead atoms. The van der Waals surface area contributed by atoms with Crippen molar-refractivity contribution >= 4 is 11.5 Å². The largest absolute Gasteiger partial charge is 0.370 e. The average Bonchev–Trinajstić information content (AvgIpc) is 2.86. The Labute approximate surface area is 111 Å². The normalized spacial score (nSPS) is 10.8. The highest BCUT2D eigenvalue weighted by molar-refractivity contribution is 5.62. The van der Waals surface area contributed by atoms with Crippen LogP contribution in [0.25, 0.3) is 17.0 Å². The smallest absolute Gasteiger partial charge is 0.137 e. The van der Waals surface area contributed by atoms with E-state index in [1.807, 2.05) is 48.7 Å². The molecule has 0 saturated carbocycles. The van der Waals surface area contributed by atoms with Crippen molar-refractivity contribution in [2.75, 3.05) is 11.9 Å². The molecule has 0 fully saturated rings. The van der Waals surface area contributed by atoms with Gasteiger partial charge in [-0.15, -0.1) is 0 Å². The second-order valence-electron chi connectivity index (χ2n) is 4.28. The number of pyridine rings is 1. The van der Waals surface area contributed by atoms with Crippen molar-refractivity contribution in [3.8, 4) is 11.4 Å². The zero-order chi connectivity index (χ0) is 13.2. The maximum atomic E-state index is 4.52. The van der Waals surface area contributed by atoms with E-state index in [4.69, 9.17) is 0 Å². The molecule has 0 aliphatic carbocycles. The molecule has 19 heavy (non-hydrogen) atoms. The number of nitrogens with one attached hydrogen (secondary N) is 1. The SMILES string of the molecule is CCNc1cc(-c2cccc3nccn23)nc(C)n1. The van der Waals surface area contributed by atoms with Gasteiger partial charge in [-0.2, -0.15) is 0 Å². The fourth-order valence-electron chi connectivity index (χ4n) is 2.13. The van der Waals surface area contributed by atoms with Gasteiger partial charge in [0.2, 0.25) is 0 Å². The van der Waals surface area contributed by atoms with Gasteiger partial charge in [0, 0.05) is 25.0 Å². The third-order valence-electron chi connectivity index (χ3n) is 2.89. The van der Waals surface area contributed by atoms with E-state index in [2.05, 4.69) is 20.3 Å². The van der Waals surface area contributed by atoms with E-state index in [1.165, 1.54) is 0 Å². The van der Waals surface area contributed by atoms with Crippen LogP contribution in [0.15, 0.2) is 36.7 Å². The summed E-state index contributed by atoms with van der Waals surface area (Å²) in [5, 5.41) is 3.22. The standard InChI is InChI=1S/C14H15N5/c1-3-15-13-9-11(17-10(2)18-13)12-5-4-6-14-16-7-8-19(12)14/h4-9H,3H2,1-2H3,(H,15,17,18). The first-order valence-corrected chi connectivity index (χ1v) is 6.30. The Kier molecular flexibility index (Phi) is 2.87. The van der Waals surface area contributed by atoms with Crippen LogP contribution in [0, 0.1) is 6.92 Å². The number of nitrogens with zero attached hydrogens (tertiary/aromatic N) is 4. The molecule has 0 spiro atoms. The van der Waals surface area contributed by atoms with Crippen LogP contribution in [0.1, 0.15) is 12.7 Å². The number of fused-ring (bicyclic) bond motifs is 1. The molecule has 0 aromatic carbocycles. The molecule has 1 N–H and O–H groups in total. The first kappa shape index (κ1) is 11.6. The van der Waals surface area contributed by atoms with Crippen molar-refractivity contribution in [3.05, 3.63) is 42.5 Å². The molecule has 5 heteroatoms. The highest BCUT2D eigenvalue weighted by atomic mass is 15.0. The zero-order valence-corrected chi connectivity index (χ0v) is 11.0. The Hall–Kier alpha value is -2.43. The molecule has 0 atom stereocenters. The van der Waals surface area contributed by atoms with Crippen LogP contribution < -0.4 is 5.32 Å². The minimum atomic E-state index is 0.755. The van der Waals surface area contributed by atoms with Crippen LogP contribution in [-0.2, 0) is 0 Å². The molecule has 0 amide bonds. The zero-order valence-electron chi connectivity index (χ0n) is 11.0. The van der Waals surface area contributed by atoms with Gasteiger partial charge >= 0.3 is 0 Å². The molecule has 0 aliphatic rings. The molecule has 5 nitrogen and oxygen atoms in total. The summed E-state index contributed by atoms with van der Waals surface area (Å²) >= 11 is 0. The number of hydrogen-bond acceptors (Lipinski definition) is 4. The van der Waals surface area contributed by atoms with E-state index >= 15 is 0 Å². The third kappa shape index (κ3) is 2.14. The van der Waals surface area contributed by atoms with Crippen molar-refractivity contribution in [1.29, 1.82) is 0 Å². The lowest BCUT2D eigenvalue weighted by atomic mass is 10.2. The summed E-state index contributed by atoms with van der Waals surface area (Å²) in [4.78, 5) is 13.2. The van der Waals surface area contributed by atoms with E-state index in [0.29, 0.717) is 0 Å². The molecule has 96 valence electrons. The number of aromatic nitrogens is 4. The maximum absolute atomic E-state index is 4.52. The van der Waals surface area contributed by atoms with Crippen LogP contribution in [0.5, 0.6) is 0 Å². The lowest BCUT2D eigenvalue weighted by Gasteiger charge is -2.08. The van der Waals surface area contributed by atoms with Crippen molar-refractivity contribution < 1.29 is 0 Å². The predicted molar refractivity (Wildman–Crippen MR) is 75.1 cm³/mol. The van der Waals surface area contributed by atoms with Crippen LogP contribution in [0.2, 0.25) is 0 Å². The lowest BCUT2D eigenvalue weighted by Crippen LogP contribution is -2.03. The van der Waals surface area contributed by atoms with Crippen molar-refractivity contribution in [1.82, 2.24) is 19.4 Å². The van der Waals surface area contributed by atoms with Crippen LogP contribution in [-0.4, -0.2) is 25.9 Å². The van der Waals surface area contributed by atoms with Gasteiger partial charge in [0.05, 0.1) is 11.4 Å². The summed E-state index contributed by atoms with van der Waals surface area (Å²) in [6.45, 7) is 4.79. The monoisotopic (exact) mass is 253 g/mol. The van der Waals surface area contributed by atoms with E-state index in [1.54, 1.807) is 6.20 Å². The molecule has 0 unspecified atom stereocenters. The van der Waals surface area contributed by atoms with E-state index in [-0.39, 0.29) is 0 Å². The quantitative estimate of drug-likeness (QED) is 0.779. The van der Waals surface area contributed by atoms with Gasteiger partial charge in [-0.05, 0) is 26.0 Å². The van der Waals surface area contributed by atoms with Crippen molar-refractivity contribution in [3.63, 3.8) is 0 Å². The second kappa shape index (κ2) is 4.68. The van der Waals surface area contributed by atoms with Crippen LogP contribution in [0.3, 0.4) is 0 Å². The Bertz CT molecular complexity index is 717. The van der Waals surface area contributed by atoms with Crippen LogP contribution in [0.4, 0.5) is 5.82 Å². The van der Waals surface area contributed by atoms with Crippen LogP contribution >= 0.6 is 0 Å². The van der Waals surface area contributed by atoms with E-state index in [0.717, 1.165) is 35.2 Å². The summed E-state index contributed by atoms with van der Waals surface area (Å²) < 4.78 is 2.03. The summed E-state index contributed by atoms with van der Waals surface area (Å²) in [6, 6.07) is 7.96. The minimum Gasteiger partial charge on any atom is -0.370 e. The maximum Gasteiger partial charge on any atom is 0.137 e. The summed E-state index contributed by atoms with van der Waals surface area (Å²) in [5.74, 6) is 1.60. The second-order valence-corrected chi connectivity index (χ2v) is 4.28. The molecule has 0 saturated heterocycles. The topological polar surface area (TPSA) is 55.1 Å². The fourth-order valence-corrected chi connectivity index (χ4v) is 2.13. The van der Waals surface area contributed by atoms with Gasteiger partial charge in [-0.3, -0.25) is 4.40 Å². The summed E-state index contributed by atoms with van der Waals surface area (Å²) in [6.07, 6.45) is 3.73. The molecule has 3 heterocycles. The average molecular weight is 253 g/mol. The number of hydrogen-bond donors (Lipinski definition) is 1. The molecule has 3 aromatic rings. The van der Waals surface area contributed by atoms with E-state index in [9.17, 15) is 0 Å². The van der Waals surface area contributed by atoms with Gasteiger partial charge in [-0.1, -0.05) is 6.07 Å². The first-order chi connectivity index (χ1) is 9.28. The van der Waals surface area contributed by atoms with Crippen molar-refractivity contribution in [2.24, 2.45) is 0 Å². The lowest BCUT2D eigenvalue weighted by molar-refractivity contribution is 1.03. The minimum absolute atomic E-state index is 0.755. The van der Waals surface area contributed by atoms with Gasteiger partial charge in [0.15, 0.2) is 0 Å². The van der Waals surface area contributed by atoms with Crippen molar-refractivity contribution in [2.45, 2.75) is 13.8 Å². The highest BCUT2D eigenvalue weighted by Crippen LogP contribution is 2.20. The number of imidazole rings is 1. The molecule has 0 aliphatic heterocycles. The predicted octanol–water partition coefficient (Wildman–Crippen LogP) is 2.53. The Balaban J connectivity index is 2.18. The van der Waals surface area contributed by atoms with Gasteiger partial charge < -0.3 is 5.32 Å². The van der Waals surface area contributed by atoms with Gasteiger partial charge in [0.25, 0.3) is 0 Å². The number of rotatable bonds is 3.